The molecule has 0 unspecified atom stereocenters. The monoisotopic (exact) mass is 387 g/mol. The number of anilines is 2. The van der Waals surface area contributed by atoms with Gasteiger partial charge in [-0.3, -0.25) is 4.40 Å². The number of pyridine rings is 1. The number of benzene rings is 2. The summed E-state index contributed by atoms with van der Waals surface area (Å²) in [6.07, 6.45) is 3.01. The third-order valence-electron chi connectivity index (χ3n) is 5.20. The van der Waals surface area contributed by atoms with E-state index in [1.165, 1.54) is 11.1 Å². The summed E-state index contributed by atoms with van der Waals surface area (Å²) >= 11 is 0. The topological polar surface area (TPSA) is 58.8 Å². The molecule has 0 aliphatic rings. The van der Waals surface area contributed by atoms with Gasteiger partial charge in [0.2, 0.25) is 0 Å². The fourth-order valence-corrected chi connectivity index (χ4v) is 3.62. The van der Waals surface area contributed by atoms with E-state index in [4.69, 9.17) is 9.72 Å². The fraction of sp³-hybridized carbons (Fsp3) is 0.208. The van der Waals surface area contributed by atoms with Crippen LogP contribution in [0.4, 0.5) is 11.5 Å². The lowest BCUT2D eigenvalue weighted by Gasteiger charge is -2.15. The number of aromatic nitrogens is 2. The van der Waals surface area contributed by atoms with Crippen molar-refractivity contribution in [3.05, 3.63) is 71.4 Å². The van der Waals surface area contributed by atoms with Crippen LogP contribution in [-0.4, -0.2) is 21.6 Å². The summed E-state index contributed by atoms with van der Waals surface area (Å²) in [7, 11) is 1.55. The predicted molar refractivity (Wildman–Crippen MR) is 117 cm³/mol. The van der Waals surface area contributed by atoms with Crippen molar-refractivity contribution in [2.75, 3.05) is 12.4 Å². The van der Waals surface area contributed by atoms with Crippen molar-refractivity contribution >= 4 is 17.2 Å². The molecule has 0 spiro atoms. The van der Waals surface area contributed by atoms with Crippen molar-refractivity contribution in [2.24, 2.45) is 0 Å². The molecule has 0 radical (unpaired) electrons. The summed E-state index contributed by atoms with van der Waals surface area (Å²) in [6, 6.07) is 15.7. The summed E-state index contributed by atoms with van der Waals surface area (Å²) in [5.74, 6) is 1.42. The molecule has 4 aromatic rings. The molecule has 4 rings (SSSR count). The third kappa shape index (κ3) is 3.40. The lowest BCUT2D eigenvalue weighted by molar-refractivity contribution is 0.373. The Morgan fingerprint density at radius 1 is 1.10 bits per heavy atom. The normalized spacial score (nSPS) is 11.0. The van der Waals surface area contributed by atoms with Crippen LogP contribution in [0.25, 0.3) is 16.9 Å². The minimum atomic E-state index is 0.109. The summed E-state index contributed by atoms with van der Waals surface area (Å²) < 4.78 is 7.39. The largest absolute Gasteiger partial charge is 0.504 e. The number of imidazole rings is 1. The van der Waals surface area contributed by atoms with Gasteiger partial charge in [0.1, 0.15) is 17.2 Å². The van der Waals surface area contributed by atoms with E-state index in [9.17, 15) is 5.11 Å². The number of aryl methyl sites for hydroxylation is 3. The number of para-hydroxylation sites is 1. The predicted octanol–water partition coefficient (Wildman–Crippen LogP) is 5.64. The SMILES string of the molecule is CCc1cccc(C)c1Nc1c(-c2ccc(O)c(OC)c2)nc2ccc(C)cn12. The summed E-state index contributed by atoms with van der Waals surface area (Å²) in [5, 5.41) is 13.7. The molecule has 0 aliphatic heterocycles. The van der Waals surface area contributed by atoms with Crippen molar-refractivity contribution in [3.8, 4) is 22.8 Å². The van der Waals surface area contributed by atoms with E-state index in [1.807, 2.05) is 18.2 Å². The molecule has 0 amide bonds. The maximum Gasteiger partial charge on any atom is 0.161 e. The molecule has 2 aromatic carbocycles. The van der Waals surface area contributed by atoms with Crippen molar-refractivity contribution < 1.29 is 9.84 Å². The van der Waals surface area contributed by atoms with Crippen molar-refractivity contribution in [1.82, 2.24) is 9.38 Å². The molecular weight excluding hydrogens is 362 g/mol. The van der Waals surface area contributed by atoms with Gasteiger partial charge < -0.3 is 15.2 Å². The van der Waals surface area contributed by atoms with Gasteiger partial charge in [0.25, 0.3) is 0 Å². The van der Waals surface area contributed by atoms with Crippen molar-refractivity contribution in [3.63, 3.8) is 0 Å². The number of aromatic hydroxyl groups is 1. The van der Waals surface area contributed by atoms with Crippen molar-refractivity contribution in [2.45, 2.75) is 27.2 Å². The Hall–Kier alpha value is -3.47. The summed E-state index contributed by atoms with van der Waals surface area (Å²) in [5.41, 5.74) is 7.21. The number of fused-ring (bicyclic) bond motifs is 1. The van der Waals surface area contributed by atoms with E-state index in [2.05, 4.69) is 61.0 Å². The van der Waals surface area contributed by atoms with Crippen LogP contribution in [0.15, 0.2) is 54.7 Å². The smallest absolute Gasteiger partial charge is 0.161 e. The molecule has 5 heteroatoms. The minimum absolute atomic E-state index is 0.109. The second-order valence-corrected chi connectivity index (χ2v) is 7.22. The summed E-state index contributed by atoms with van der Waals surface area (Å²) in [4.78, 5) is 4.87. The number of nitrogens with zero attached hydrogens (tertiary/aromatic N) is 2. The molecule has 29 heavy (non-hydrogen) atoms. The standard InChI is InChI=1S/C24H25N3O2/c1-5-17-8-6-7-16(3)22(17)26-24-23(18-10-11-19(28)20(13-18)29-4)25-21-12-9-15(2)14-27(21)24/h6-14,26,28H,5H2,1-4H3. The van der Waals surface area contributed by atoms with Crippen LogP contribution in [0.1, 0.15) is 23.6 Å². The maximum atomic E-state index is 10.0. The highest BCUT2D eigenvalue weighted by atomic mass is 16.5. The van der Waals surface area contributed by atoms with E-state index in [1.54, 1.807) is 13.2 Å². The summed E-state index contributed by atoms with van der Waals surface area (Å²) in [6.45, 7) is 6.33. The van der Waals surface area contributed by atoms with E-state index < -0.39 is 0 Å². The fourth-order valence-electron chi connectivity index (χ4n) is 3.62. The second kappa shape index (κ2) is 7.51. The molecule has 0 aliphatic carbocycles. The van der Waals surface area contributed by atoms with Gasteiger partial charge in [0.15, 0.2) is 11.5 Å². The number of ether oxygens (including phenoxy) is 1. The lowest BCUT2D eigenvalue weighted by Crippen LogP contribution is -2.02. The molecule has 5 nitrogen and oxygen atoms in total. The highest BCUT2D eigenvalue weighted by Gasteiger charge is 2.18. The molecule has 0 saturated heterocycles. The minimum Gasteiger partial charge on any atom is -0.504 e. The average Bonchev–Trinajstić information content (AvgIpc) is 3.07. The molecule has 0 fully saturated rings. The first-order valence-electron chi connectivity index (χ1n) is 9.73. The molecule has 0 saturated carbocycles. The number of rotatable bonds is 5. The zero-order chi connectivity index (χ0) is 20.5. The maximum absolute atomic E-state index is 10.0. The van der Waals surface area contributed by atoms with Crippen LogP contribution in [0.2, 0.25) is 0 Å². The highest BCUT2D eigenvalue weighted by Crippen LogP contribution is 2.37. The Morgan fingerprint density at radius 3 is 2.69 bits per heavy atom. The highest BCUT2D eigenvalue weighted by molar-refractivity contribution is 5.82. The Labute approximate surface area is 170 Å². The van der Waals surface area contributed by atoms with Crippen molar-refractivity contribution in [1.29, 1.82) is 0 Å². The Balaban J connectivity index is 1.95. The first kappa shape index (κ1) is 18.9. The molecule has 148 valence electrons. The zero-order valence-electron chi connectivity index (χ0n) is 17.2. The number of hydrogen-bond donors (Lipinski definition) is 2. The van der Waals surface area contributed by atoms with Gasteiger partial charge in [-0.05, 0) is 61.2 Å². The first-order chi connectivity index (χ1) is 14.0. The van der Waals surface area contributed by atoms with Crippen LogP contribution >= 0.6 is 0 Å². The molecule has 2 aromatic heterocycles. The second-order valence-electron chi connectivity index (χ2n) is 7.22. The molecule has 2 N–H and O–H groups in total. The molecule has 0 atom stereocenters. The van der Waals surface area contributed by atoms with E-state index in [0.717, 1.165) is 40.4 Å². The van der Waals surface area contributed by atoms with Gasteiger partial charge in [-0.15, -0.1) is 0 Å². The van der Waals surface area contributed by atoms with Crippen LogP contribution in [0, 0.1) is 13.8 Å². The molecule has 0 bridgehead atoms. The lowest BCUT2D eigenvalue weighted by atomic mass is 10.1. The first-order valence-corrected chi connectivity index (χ1v) is 9.73. The quantitative estimate of drug-likeness (QED) is 0.465. The Kier molecular flexibility index (Phi) is 4.89. The van der Waals surface area contributed by atoms with Gasteiger partial charge in [0, 0.05) is 17.4 Å². The number of methoxy groups -OCH3 is 1. The van der Waals surface area contributed by atoms with Crippen LogP contribution in [0.3, 0.4) is 0 Å². The van der Waals surface area contributed by atoms with Gasteiger partial charge in [-0.2, -0.15) is 0 Å². The zero-order valence-corrected chi connectivity index (χ0v) is 17.2. The van der Waals surface area contributed by atoms with E-state index in [0.29, 0.717) is 5.75 Å². The molecule has 2 heterocycles. The van der Waals surface area contributed by atoms with Gasteiger partial charge >= 0.3 is 0 Å². The Morgan fingerprint density at radius 2 is 1.93 bits per heavy atom. The molecular formula is C24H25N3O2. The van der Waals surface area contributed by atoms with Crippen LogP contribution < -0.4 is 10.1 Å². The third-order valence-corrected chi connectivity index (χ3v) is 5.20. The van der Waals surface area contributed by atoms with Gasteiger partial charge in [-0.1, -0.05) is 31.2 Å². The van der Waals surface area contributed by atoms with Crippen LogP contribution in [0.5, 0.6) is 11.5 Å². The van der Waals surface area contributed by atoms with Crippen LogP contribution in [-0.2, 0) is 6.42 Å². The Bertz CT molecular complexity index is 1190. The number of hydrogen-bond acceptors (Lipinski definition) is 4. The number of nitrogens with one attached hydrogen (secondary N) is 1. The number of phenolic OH excluding ortho intramolecular Hbond substituents is 1. The van der Waals surface area contributed by atoms with Gasteiger partial charge in [0.05, 0.1) is 7.11 Å². The van der Waals surface area contributed by atoms with Gasteiger partial charge in [-0.25, -0.2) is 4.98 Å². The number of phenols is 1. The average molecular weight is 387 g/mol. The van der Waals surface area contributed by atoms with E-state index >= 15 is 0 Å². The van der Waals surface area contributed by atoms with E-state index in [-0.39, 0.29) is 5.75 Å².